The molecule has 4 heterocycles. The maximum Gasteiger partial charge on any atom is 0.410 e. The average molecular weight is 551 g/mol. The first-order valence-corrected chi connectivity index (χ1v) is 12.8. The highest BCUT2D eigenvalue weighted by Gasteiger charge is 2.27. The van der Waals surface area contributed by atoms with Gasteiger partial charge in [0.1, 0.15) is 6.61 Å². The molecule has 1 N–H and O–H groups in total. The van der Waals surface area contributed by atoms with E-state index in [9.17, 15) is 25.0 Å². The summed E-state index contributed by atoms with van der Waals surface area (Å²) in [7, 11) is 0. The summed E-state index contributed by atoms with van der Waals surface area (Å²) in [5, 5.41) is 25.1. The van der Waals surface area contributed by atoms with Crippen molar-refractivity contribution in [1.82, 2.24) is 20.2 Å². The molecular weight excluding hydrogens is 520 g/mol. The first kappa shape index (κ1) is 28.2. The zero-order chi connectivity index (χ0) is 28.3. The summed E-state index contributed by atoms with van der Waals surface area (Å²) in [6.45, 7) is 5.24. The van der Waals surface area contributed by atoms with Crippen molar-refractivity contribution < 1.29 is 19.4 Å². The number of aromatic nitrogens is 2. The van der Waals surface area contributed by atoms with Gasteiger partial charge in [-0.25, -0.2) is 14.8 Å². The van der Waals surface area contributed by atoms with Gasteiger partial charge in [-0.15, -0.1) is 0 Å². The molecule has 1 aromatic carbocycles. The molecule has 2 aliphatic rings. The average Bonchev–Trinajstić information content (AvgIpc) is 3.01. The van der Waals surface area contributed by atoms with Crippen LogP contribution in [0.25, 0.3) is 0 Å². The fourth-order valence-corrected chi connectivity index (χ4v) is 4.34. The Labute approximate surface area is 230 Å². The molecule has 3 aromatic rings. The predicted molar refractivity (Wildman–Crippen MR) is 147 cm³/mol. The fourth-order valence-electron chi connectivity index (χ4n) is 4.34. The van der Waals surface area contributed by atoms with Crippen LogP contribution in [0.4, 0.5) is 27.8 Å². The number of carbonyl (C=O) groups is 1. The van der Waals surface area contributed by atoms with Crippen LogP contribution in [0.5, 0.6) is 0 Å². The quantitative estimate of drug-likeness (QED) is 0.355. The van der Waals surface area contributed by atoms with Crippen molar-refractivity contribution >= 4 is 29.1 Å². The van der Waals surface area contributed by atoms with Gasteiger partial charge < -0.3 is 24.8 Å². The van der Waals surface area contributed by atoms with Crippen LogP contribution >= 0.6 is 0 Å². The molecule has 0 aliphatic carbocycles. The topological polar surface area (TPSA) is 160 Å². The second kappa shape index (κ2) is 13.8. The molecule has 0 atom stereocenters. The van der Waals surface area contributed by atoms with E-state index in [1.54, 1.807) is 23.2 Å². The predicted octanol–water partition coefficient (Wildman–Crippen LogP) is 2.85. The number of pyridine rings is 2. The normalized spacial score (nSPS) is 15.1. The van der Waals surface area contributed by atoms with E-state index >= 15 is 0 Å². The minimum atomic E-state index is -0.442. The van der Waals surface area contributed by atoms with Gasteiger partial charge in [-0.3, -0.25) is 20.2 Å². The SMILES string of the molecule is O=C(OCc1ccccc1)N1CCN(c2ncccc2[N+](=O)[O-])CC1.O=[N+]([O-])c1cccnc1N1CCNCC1. The minimum Gasteiger partial charge on any atom is -0.445 e. The van der Waals surface area contributed by atoms with Crippen molar-refractivity contribution in [2.75, 3.05) is 62.2 Å². The highest BCUT2D eigenvalue weighted by atomic mass is 16.6. The molecule has 14 heteroatoms. The van der Waals surface area contributed by atoms with Gasteiger partial charge in [0.2, 0.25) is 11.6 Å². The Morgan fingerprint density at radius 1 is 0.775 bits per heavy atom. The number of carbonyl (C=O) groups excluding carboxylic acids is 1. The van der Waals surface area contributed by atoms with Crippen LogP contribution in [-0.2, 0) is 11.3 Å². The second-order valence-electron chi connectivity index (χ2n) is 8.96. The zero-order valence-electron chi connectivity index (χ0n) is 21.8. The van der Waals surface area contributed by atoms with E-state index < -0.39 is 4.92 Å². The fraction of sp³-hybridized carbons (Fsp3) is 0.346. The number of benzene rings is 1. The van der Waals surface area contributed by atoms with Crippen molar-refractivity contribution in [3.8, 4) is 0 Å². The Morgan fingerprint density at radius 2 is 1.30 bits per heavy atom. The van der Waals surface area contributed by atoms with Crippen LogP contribution in [0.1, 0.15) is 5.56 Å². The van der Waals surface area contributed by atoms with Crippen LogP contribution in [-0.4, -0.2) is 83.2 Å². The van der Waals surface area contributed by atoms with Gasteiger partial charge in [0, 0.05) is 76.9 Å². The summed E-state index contributed by atoms with van der Waals surface area (Å²) in [5.74, 6) is 0.814. The number of nitrogens with one attached hydrogen (secondary N) is 1. The molecule has 2 aromatic heterocycles. The summed E-state index contributed by atoms with van der Waals surface area (Å²) in [5.41, 5.74) is 0.987. The minimum absolute atomic E-state index is 0.0254. The molecule has 2 saturated heterocycles. The van der Waals surface area contributed by atoms with Gasteiger partial charge in [-0.1, -0.05) is 30.3 Å². The second-order valence-corrected chi connectivity index (χ2v) is 8.96. The molecule has 14 nitrogen and oxygen atoms in total. The number of nitro groups is 2. The monoisotopic (exact) mass is 550 g/mol. The van der Waals surface area contributed by atoms with Gasteiger partial charge in [0.25, 0.3) is 0 Å². The molecule has 5 rings (SSSR count). The van der Waals surface area contributed by atoms with Crippen molar-refractivity contribution in [2.24, 2.45) is 0 Å². The third-order valence-corrected chi connectivity index (χ3v) is 6.38. The molecule has 2 fully saturated rings. The number of rotatable bonds is 6. The van der Waals surface area contributed by atoms with Gasteiger partial charge >= 0.3 is 17.5 Å². The lowest BCUT2D eigenvalue weighted by atomic mass is 10.2. The summed E-state index contributed by atoms with van der Waals surface area (Å²) >= 11 is 0. The number of amides is 1. The zero-order valence-corrected chi connectivity index (χ0v) is 21.8. The molecule has 2 aliphatic heterocycles. The Kier molecular flexibility index (Phi) is 9.72. The van der Waals surface area contributed by atoms with E-state index in [1.807, 2.05) is 40.1 Å². The van der Waals surface area contributed by atoms with Crippen molar-refractivity contribution in [2.45, 2.75) is 6.61 Å². The smallest absolute Gasteiger partial charge is 0.410 e. The number of hydrogen-bond donors (Lipinski definition) is 1. The number of hydrogen-bond acceptors (Lipinski definition) is 11. The van der Waals surface area contributed by atoms with Crippen LogP contribution in [0.2, 0.25) is 0 Å². The molecule has 0 bridgehead atoms. The van der Waals surface area contributed by atoms with E-state index in [0.717, 1.165) is 31.7 Å². The standard InChI is InChI=1S/C17H18N4O4.C9H12N4O2/c22-17(25-13-14-5-2-1-3-6-14)20-11-9-19(10-12-20)16-15(21(23)24)7-4-8-18-16;14-13(15)8-2-1-3-11-9(8)12-6-4-10-5-7-12/h1-8H,9-13H2;1-3,10H,4-7H2. The Hall–Kier alpha value is -4.85. The summed E-state index contributed by atoms with van der Waals surface area (Å²) in [6, 6.07) is 15.5. The van der Waals surface area contributed by atoms with Gasteiger partial charge in [-0.2, -0.15) is 0 Å². The largest absolute Gasteiger partial charge is 0.445 e. The third-order valence-electron chi connectivity index (χ3n) is 6.38. The molecule has 0 radical (unpaired) electrons. The van der Waals surface area contributed by atoms with Crippen molar-refractivity contribution in [3.63, 3.8) is 0 Å². The number of piperazine rings is 2. The van der Waals surface area contributed by atoms with Gasteiger partial charge in [0.05, 0.1) is 9.85 Å². The number of anilines is 2. The lowest BCUT2D eigenvalue weighted by molar-refractivity contribution is -0.384. The highest BCUT2D eigenvalue weighted by molar-refractivity contribution is 5.68. The van der Waals surface area contributed by atoms with E-state index in [2.05, 4.69) is 15.3 Å². The van der Waals surface area contributed by atoms with Crippen molar-refractivity contribution in [1.29, 1.82) is 0 Å². The first-order chi connectivity index (χ1) is 19.4. The Morgan fingerprint density at radius 3 is 1.82 bits per heavy atom. The molecule has 40 heavy (non-hydrogen) atoms. The highest BCUT2D eigenvalue weighted by Crippen LogP contribution is 2.26. The van der Waals surface area contributed by atoms with Gasteiger partial charge in [-0.05, 0) is 17.7 Å². The maximum absolute atomic E-state index is 12.2. The van der Waals surface area contributed by atoms with E-state index in [4.69, 9.17) is 4.74 Å². The third kappa shape index (κ3) is 7.38. The van der Waals surface area contributed by atoms with Gasteiger partial charge in [0.15, 0.2) is 0 Å². The lowest BCUT2D eigenvalue weighted by Crippen LogP contribution is -2.49. The molecule has 1 amide bonds. The summed E-state index contributed by atoms with van der Waals surface area (Å²) in [6.07, 6.45) is 2.74. The molecule has 0 spiro atoms. The summed E-state index contributed by atoms with van der Waals surface area (Å²) in [4.78, 5) is 46.8. The number of nitrogens with zero attached hydrogens (tertiary/aromatic N) is 7. The molecule has 0 saturated carbocycles. The van der Waals surface area contributed by atoms with Crippen LogP contribution in [0.15, 0.2) is 67.0 Å². The first-order valence-electron chi connectivity index (χ1n) is 12.8. The molecule has 210 valence electrons. The molecular formula is C26H30N8O6. The molecule has 0 unspecified atom stereocenters. The van der Waals surface area contributed by atoms with E-state index in [-0.39, 0.29) is 29.0 Å². The lowest BCUT2D eigenvalue weighted by Gasteiger charge is -2.34. The van der Waals surface area contributed by atoms with E-state index in [1.165, 1.54) is 18.3 Å². The van der Waals surface area contributed by atoms with Crippen LogP contribution in [0.3, 0.4) is 0 Å². The Bertz CT molecular complexity index is 1300. The van der Waals surface area contributed by atoms with Crippen LogP contribution < -0.4 is 15.1 Å². The van der Waals surface area contributed by atoms with E-state index in [0.29, 0.717) is 37.8 Å². The Balaban J connectivity index is 0.000000210. The van der Waals surface area contributed by atoms with Crippen LogP contribution in [0, 0.1) is 20.2 Å². The maximum atomic E-state index is 12.2. The summed E-state index contributed by atoms with van der Waals surface area (Å²) < 4.78 is 5.32. The number of ether oxygens (including phenoxy) is 1. The van der Waals surface area contributed by atoms with Crippen molar-refractivity contribution in [3.05, 3.63) is 92.8 Å².